The molecule has 2 rings (SSSR count). The number of aryl methyl sites for hydroxylation is 1. The van der Waals surface area contributed by atoms with Crippen molar-refractivity contribution in [3.05, 3.63) is 35.4 Å². The van der Waals surface area contributed by atoms with Crippen LogP contribution in [0, 0.1) is 6.92 Å². The van der Waals surface area contributed by atoms with E-state index in [4.69, 9.17) is 0 Å². The molecule has 1 saturated heterocycles. The molecule has 1 atom stereocenters. The molecule has 1 aliphatic heterocycles. The SMILES string of the molecule is CCC(=O)N1CCC(NC(=NC)NCc2cccc(C)c2)C1.I. The zero-order chi connectivity index (χ0) is 15.9. The molecule has 128 valence electrons. The van der Waals surface area contributed by atoms with Gasteiger partial charge in [0.25, 0.3) is 0 Å². The highest BCUT2D eigenvalue weighted by molar-refractivity contribution is 14.0. The van der Waals surface area contributed by atoms with E-state index in [1.54, 1.807) is 7.05 Å². The number of benzene rings is 1. The number of carbonyl (C=O) groups is 1. The molecule has 1 fully saturated rings. The average Bonchev–Trinajstić information content (AvgIpc) is 2.99. The molecule has 0 radical (unpaired) electrons. The van der Waals surface area contributed by atoms with Crippen molar-refractivity contribution >= 4 is 35.8 Å². The van der Waals surface area contributed by atoms with E-state index in [0.29, 0.717) is 6.42 Å². The Kier molecular flexibility index (Phi) is 8.36. The van der Waals surface area contributed by atoms with E-state index >= 15 is 0 Å². The number of rotatable bonds is 4. The van der Waals surface area contributed by atoms with Crippen molar-refractivity contribution in [2.75, 3.05) is 20.1 Å². The number of guanidine groups is 1. The summed E-state index contributed by atoms with van der Waals surface area (Å²) in [6, 6.07) is 8.70. The molecule has 1 aromatic carbocycles. The molecule has 2 N–H and O–H groups in total. The Balaban J connectivity index is 0.00000264. The second-order valence-electron chi connectivity index (χ2n) is 5.74. The van der Waals surface area contributed by atoms with Crippen LogP contribution in [0.2, 0.25) is 0 Å². The predicted octanol–water partition coefficient (Wildman–Crippen LogP) is 2.29. The lowest BCUT2D eigenvalue weighted by Gasteiger charge is -2.18. The summed E-state index contributed by atoms with van der Waals surface area (Å²) in [4.78, 5) is 17.9. The molecule has 0 saturated carbocycles. The Hall–Kier alpha value is -1.31. The van der Waals surface area contributed by atoms with E-state index in [0.717, 1.165) is 32.0 Å². The monoisotopic (exact) mass is 430 g/mol. The van der Waals surface area contributed by atoms with Gasteiger partial charge in [-0.1, -0.05) is 36.8 Å². The number of hydrogen-bond acceptors (Lipinski definition) is 2. The molecular weight excluding hydrogens is 403 g/mol. The van der Waals surface area contributed by atoms with Crippen LogP contribution < -0.4 is 10.6 Å². The summed E-state index contributed by atoms with van der Waals surface area (Å²) >= 11 is 0. The van der Waals surface area contributed by atoms with Crippen molar-refractivity contribution in [1.82, 2.24) is 15.5 Å². The van der Waals surface area contributed by atoms with Crippen LogP contribution in [-0.4, -0.2) is 42.9 Å². The normalized spacial score (nSPS) is 17.6. The molecule has 1 heterocycles. The first-order valence-electron chi connectivity index (χ1n) is 7.93. The van der Waals surface area contributed by atoms with Gasteiger partial charge in [-0.05, 0) is 18.9 Å². The van der Waals surface area contributed by atoms with E-state index in [-0.39, 0.29) is 35.9 Å². The number of nitrogens with one attached hydrogen (secondary N) is 2. The van der Waals surface area contributed by atoms with Crippen molar-refractivity contribution in [2.45, 2.75) is 39.3 Å². The van der Waals surface area contributed by atoms with Gasteiger partial charge in [0.15, 0.2) is 5.96 Å². The Morgan fingerprint density at radius 2 is 2.22 bits per heavy atom. The van der Waals surface area contributed by atoms with Gasteiger partial charge in [-0.25, -0.2) is 0 Å². The van der Waals surface area contributed by atoms with Gasteiger partial charge in [-0.2, -0.15) is 0 Å². The van der Waals surface area contributed by atoms with Crippen LogP contribution in [-0.2, 0) is 11.3 Å². The largest absolute Gasteiger partial charge is 0.352 e. The highest BCUT2D eigenvalue weighted by Gasteiger charge is 2.25. The summed E-state index contributed by atoms with van der Waals surface area (Å²) < 4.78 is 0. The highest BCUT2D eigenvalue weighted by Crippen LogP contribution is 2.10. The maximum absolute atomic E-state index is 11.7. The fraction of sp³-hybridized carbons (Fsp3) is 0.529. The molecule has 23 heavy (non-hydrogen) atoms. The summed E-state index contributed by atoms with van der Waals surface area (Å²) in [7, 11) is 1.77. The number of hydrogen-bond donors (Lipinski definition) is 2. The first-order chi connectivity index (χ1) is 10.6. The zero-order valence-electron chi connectivity index (χ0n) is 14.1. The standard InChI is InChI=1S/C17H26N4O.HI/c1-4-16(22)21-9-8-15(12-21)20-17(18-3)19-11-14-7-5-6-13(2)10-14;/h5-7,10,15H,4,8-9,11-12H2,1-3H3,(H2,18,19,20);1H. The Bertz CT molecular complexity index is 547. The van der Waals surface area contributed by atoms with Crippen LogP contribution in [0.3, 0.4) is 0 Å². The first kappa shape index (κ1) is 19.7. The molecule has 5 nitrogen and oxygen atoms in total. The van der Waals surface area contributed by atoms with E-state index in [1.807, 2.05) is 11.8 Å². The van der Waals surface area contributed by atoms with Gasteiger partial charge >= 0.3 is 0 Å². The number of likely N-dealkylation sites (tertiary alicyclic amines) is 1. The lowest BCUT2D eigenvalue weighted by atomic mass is 10.1. The molecule has 1 aromatic rings. The summed E-state index contributed by atoms with van der Waals surface area (Å²) in [6.45, 7) is 6.34. The Morgan fingerprint density at radius 1 is 1.43 bits per heavy atom. The van der Waals surface area contributed by atoms with E-state index in [2.05, 4.69) is 46.8 Å². The van der Waals surface area contributed by atoms with Gasteiger partial charge in [0.2, 0.25) is 5.91 Å². The third-order valence-electron chi connectivity index (χ3n) is 3.95. The van der Waals surface area contributed by atoms with Gasteiger partial charge < -0.3 is 15.5 Å². The number of amides is 1. The van der Waals surface area contributed by atoms with Crippen LogP contribution >= 0.6 is 24.0 Å². The minimum atomic E-state index is 0. The molecular formula is C17H27IN4O. The van der Waals surface area contributed by atoms with Crippen molar-refractivity contribution in [2.24, 2.45) is 4.99 Å². The first-order valence-corrected chi connectivity index (χ1v) is 7.93. The summed E-state index contributed by atoms with van der Waals surface area (Å²) in [5, 5.41) is 6.74. The van der Waals surface area contributed by atoms with Crippen molar-refractivity contribution in [1.29, 1.82) is 0 Å². The lowest BCUT2D eigenvalue weighted by molar-refractivity contribution is -0.129. The van der Waals surface area contributed by atoms with Gasteiger partial charge in [0.05, 0.1) is 0 Å². The second kappa shape index (κ2) is 9.75. The Morgan fingerprint density at radius 3 is 2.87 bits per heavy atom. The van der Waals surface area contributed by atoms with Crippen LogP contribution in [0.15, 0.2) is 29.3 Å². The van der Waals surface area contributed by atoms with E-state index in [9.17, 15) is 4.79 Å². The van der Waals surface area contributed by atoms with Crippen molar-refractivity contribution in [3.8, 4) is 0 Å². The zero-order valence-corrected chi connectivity index (χ0v) is 16.5. The fourth-order valence-electron chi connectivity index (χ4n) is 2.72. The van der Waals surface area contributed by atoms with Crippen LogP contribution in [0.5, 0.6) is 0 Å². The highest BCUT2D eigenvalue weighted by atomic mass is 127. The molecule has 1 unspecified atom stereocenters. The quantitative estimate of drug-likeness (QED) is 0.438. The molecule has 0 bridgehead atoms. The number of halogens is 1. The van der Waals surface area contributed by atoms with Crippen molar-refractivity contribution < 1.29 is 4.79 Å². The van der Waals surface area contributed by atoms with Gasteiger partial charge in [0.1, 0.15) is 0 Å². The maximum Gasteiger partial charge on any atom is 0.222 e. The number of nitrogens with zero attached hydrogens (tertiary/aromatic N) is 2. The van der Waals surface area contributed by atoms with Crippen LogP contribution in [0.25, 0.3) is 0 Å². The predicted molar refractivity (Wildman–Crippen MR) is 105 cm³/mol. The average molecular weight is 430 g/mol. The van der Waals surface area contributed by atoms with Crippen LogP contribution in [0.1, 0.15) is 30.9 Å². The second-order valence-corrected chi connectivity index (χ2v) is 5.74. The Labute approximate surface area is 156 Å². The molecule has 0 spiro atoms. The van der Waals surface area contributed by atoms with Gasteiger partial charge in [-0.3, -0.25) is 9.79 Å². The third-order valence-corrected chi connectivity index (χ3v) is 3.95. The lowest BCUT2D eigenvalue weighted by Crippen LogP contribution is -2.44. The molecule has 1 amide bonds. The smallest absolute Gasteiger partial charge is 0.222 e. The van der Waals surface area contributed by atoms with Crippen LogP contribution in [0.4, 0.5) is 0 Å². The maximum atomic E-state index is 11.7. The minimum absolute atomic E-state index is 0. The van der Waals surface area contributed by atoms with E-state index < -0.39 is 0 Å². The number of aliphatic imine (C=N–C) groups is 1. The minimum Gasteiger partial charge on any atom is -0.352 e. The summed E-state index contributed by atoms with van der Waals surface area (Å²) in [5.41, 5.74) is 2.49. The summed E-state index contributed by atoms with van der Waals surface area (Å²) in [5.74, 6) is 1.02. The van der Waals surface area contributed by atoms with Crippen molar-refractivity contribution in [3.63, 3.8) is 0 Å². The number of carbonyl (C=O) groups excluding carboxylic acids is 1. The van der Waals surface area contributed by atoms with Gasteiger partial charge in [0, 0.05) is 39.1 Å². The summed E-state index contributed by atoms with van der Waals surface area (Å²) in [6.07, 6.45) is 1.55. The molecule has 0 aromatic heterocycles. The topological polar surface area (TPSA) is 56.7 Å². The fourth-order valence-corrected chi connectivity index (χ4v) is 2.72. The molecule has 0 aliphatic carbocycles. The van der Waals surface area contributed by atoms with Gasteiger partial charge in [-0.15, -0.1) is 24.0 Å². The molecule has 6 heteroatoms. The third kappa shape index (κ3) is 6.01. The molecule has 1 aliphatic rings. The van der Waals surface area contributed by atoms with E-state index in [1.165, 1.54) is 11.1 Å².